The van der Waals surface area contributed by atoms with Crippen LogP contribution in [-0.2, 0) is 11.3 Å². The van der Waals surface area contributed by atoms with Crippen LogP contribution >= 0.6 is 0 Å². The maximum atomic E-state index is 12.9. The first-order valence-electron chi connectivity index (χ1n) is 17.9. The van der Waals surface area contributed by atoms with Gasteiger partial charge in [-0.3, -0.25) is 14.5 Å². The molecule has 8 rings (SSSR count). The number of phenolic OH excluding ortho intramolecular Hbond substituents is 1. The number of carboxylic acid groups (broad SMARTS) is 1. The fraction of sp³-hybridized carbons (Fsp3) is 0.293. The Hall–Kier alpha value is -5.69. The molecule has 0 unspecified atom stereocenters. The second kappa shape index (κ2) is 15.9. The summed E-state index contributed by atoms with van der Waals surface area (Å²) in [5.41, 5.74) is 3.70. The van der Waals surface area contributed by atoms with E-state index in [0.29, 0.717) is 34.8 Å². The Morgan fingerprint density at radius 3 is 2.40 bits per heavy atom. The number of anilines is 1. The van der Waals surface area contributed by atoms with Crippen LogP contribution in [0.1, 0.15) is 47.2 Å². The molecule has 0 saturated carbocycles. The number of nitrogens with one attached hydrogen (secondary N) is 3. The van der Waals surface area contributed by atoms with Crippen LogP contribution < -0.4 is 20.9 Å². The Bertz CT molecular complexity index is 2120. The lowest BCUT2D eigenvalue weighted by Crippen LogP contribution is -2.59. The molecule has 4 aromatic carbocycles. The molecule has 0 aliphatic carbocycles. The number of ether oxygens (including phenoxy) is 1. The highest BCUT2D eigenvalue weighted by Gasteiger charge is 2.43. The summed E-state index contributed by atoms with van der Waals surface area (Å²) in [6, 6.07) is 29.7. The molecular weight excluding hydrogens is 674 g/mol. The molecule has 1 aromatic heterocycles. The van der Waals surface area contributed by atoms with Crippen molar-refractivity contribution in [1.29, 1.82) is 0 Å². The zero-order chi connectivity index (χ0) is 36.9. The Morgan fingerprint density at radius 1 is 0.925 bits per heavy atom. The molecular formula is C41H43N5O7. The van der Waals surface area contributed by atoms with E-state index in [1.54, 1.807) is 35.2 Å². The topological polar surface area (TPSA) is 167 Å². The number of carbonyl (C=O) groups excluding carboxylic acids is 1. The summed E-state index contributed by atoms with van der Waals surface area (Å²) in [5.74, 6) is 0.378. The van der Waals surface area contributed by atoms with Crippen LogP contribution in [0.4, 0.5) is 10.5 Å². The third-order valence-corrected chi connectivity index (χ3v) is 10.3. The summed E-state index contributed by atoms with van der Waals surface area (Å²) in [4.78, 5) is 44.1. The van der Waals surface area contributed by atoms with Gasteiger partial charge in [-0.25, -0.2) is 4.79 Å². The normalized spacial score (nSPS) is 19.0. The van der Waals surface area contributed by atoms with E-state index in [9.17, 15) is 29.7 Å². The van der Waals surface area contributed by atoms with Gasteiger partial charge < -0.3 is 40.6 Å². The lowest BCUT2D eigenvalue weighted by atomic mass is 9.81. The summed E-state index contributed by atoms with van der Waals surface area (Å²) in [6.45, 7) is 3.20. The van der Waals surface area contributed by atoms with E-state index in [-0.39, 0.29) is 41.9 Å². The number of H-pyrrole nitrogens is 1. The Kier molecular flexibility index (Phi) is 10.7. The number of phenols is 1. The SMILES string of the molecule is O=C(COc1cccc([C@H](c2ccccc2)N(C(=O)O)[C@H]2CN3CCC2CC3)c1)Nc1ccc(CNC[C@H](O)c2ccc(O)c3[nH]c(=O)ccc23)cc1. The number of piperidine rings is 3. The molecule has 3 saturated heterocycles. The van der Waals surface area contributed by atoms with Crippen LogP contribution in [0.2, 0.25) is 0 Å². The minimum Gasteiger partial charge on any atom is -0.506 e. The molecule has 3 aliphatic heterocycles. The number of pyridine rings is 1. The van der Waals surface area contributed by atoms with Gasteiger partial charge in [-0.15, -0.1) is 0 Å². The van der Waals surface area contributed by atoms with Crippen molar-refractivity contribution in [3.05, 3.63) is 136 Å². The van der Waals surface area contributed by atoms with Crippen LogP contribution in [-0.4, -0.2) is 80.9 Å². The Labute approximate surface area is 306 Å². The molecule has 0 spiro atoms. The monoisotopic (exact) mass is 717 g/mol. The molecule has 12 heteroatoms. The third-order valence-electron chi connectivity index (χ3n) is 10.3. The van der Waals surface area contributed by atoms with Crippen molar-refractivity contribution in [2.75, 3.05) is 38.1 Å². The highest BCUT2D eigenvalue weighted by atomic mass is 16.5. The average Bonchev–Trinajstić information content (AvgIpc) is 3.18. The number of nitrogens with zero attached hydrogens (tertiary/aromatic N) is 2. The van der Waals surface area contributed by atoms with Gasteiger partial charge >= 0.3 is 6.09 Å². The van der Waals surface area contributed by atoms with E-state index in [4.69, 9.17) is 4.74 Å². The molecule has 3 fully saturated rings. The second-order valence-electron chi connectivity index (χ2n) is 13.7. The molecule has 6 N–H and O–H groups in total. The maximum Gasteiger partial charge on any atom is 0.408 e. The standard InChI is InChI=1S/C41H43N5O7/c47-35-15-13-32(33-14-16-37(49)44-39(33)35)36(48)23-42-22-26-9-11-30(12-10-26)43-38(50)25-53-31-8-4-7-29(21-31)40(28-5-2-1-3-6-28)46(41(51)52)34-24-45-19-17-27(34)18-20-45/h1-16,21,27,34,36,40,42,47-48H,17-20,22-25H2,(H,43,50)(H,44,49)(H,51,52)/t34-,36-,40-/m0/s1. The van der Waals surface area contributed by atoms with E-state index >= 15 is 0 Å². The van der Waals surface area contributed by atoms with Crippen molar-refractivity contribution >= 4 is 28.6 Å². The predicted octanol–water partition coefficient (Wildman–Crippen LogP) is 5.24. The number of aromatic hydroxyl groups is 1. The molecule has 53 heavy (non-hydrogen) atoms. The van der Waals surface area contributed by atoms with Crippen molar-refractivity contribution in [3.63, 3.8) is 0 Å². The van der Waals surface area contributed by atoms with Gasteiger partial charge in [0.15, 0.2) is 6.61 Å². The molecule has 4 heterocycles. The van der Waals surface area contributed by atoms with Crippen molar-refractivity contribution in [2.24, 2.45) is 5.92 Å². The van der Waals surface area contributed by atoms with Crippen LogP contribution in [0.3, 0.4) is 0 Å². The van der Waals surface area contributed by atoms with Gasteiger partial charge in [0.1, 0.15) is 11.5 Å². The average molecular weight is 718 g/mol. The summed E-state index contributed by atoms with van der Waals surface area (Å²) >= 11 is 0. The fourth-order valence-corrected chi connectivity index (χ4v) is 7.68. The Balaban J connectivity index is 0.949. The zero-order valence-electron chi connectivity index (χ0n) is 29.2. The molecule has 3 aliphatic rings. The minimum absolute atomic E-state index is 0.0642. The van der Waals surface area contributed by atoms with E-state index in [1.165, 1.54) is 12.1 Å². The summed E-state index contributed by atoms with van der Waals surface area (Å²) in [6.07, 6.45) is 0.144. The van der Waals surface area contributed by atoms with Crippen LogP contribution in [0.5, 0.6) is 11.5 Å². The molecule has 3 atom stereocenters. The first-order valence-corrected chi connectivity index (χ1v) is 17.9. The molecule has 2 amide bonds. The smallest absolute Gasteiger partial charge is 0.408 e. The summed E-state index contributed by atoms with van der Waals surface area (Å²) in [7, 11) is 0. The van der Waals surface area contributed by atoms with E-state index in [2.05, 4.69) is 20.5 Å². The van der Waals surface area contributed by atoms with Crippen molar-refractivity contribution in [1.82, 2.24) is 20.1 Å². The number of hydrogen-bond acceptors (Lipinski definition) is 8. The fourth-order valence-electron chi connectivity index (χ4n) is 7.68. The van der Waals surface area contributed by atoms with Crippen molar-refractivity contribution in [3.8, 4) is 11.5 Å². The van der Waals surface area contributed by atoms with Gasteiger partial charge in [0.25, 0.3) is 5.91 Å². The van der Waals surface area contributed by atoms with Gasteiger partial charge in [0.05, 0.1) is 23.7 Å². The first kappa shape index (κ1) is 35.7. The number of aromatic amines is 1. The number of amides is 2. The van der Waals surface area contributed by atoms with E-state index < -0.39 is 18.2 Å². The third kappa shape index (κ3) is 8.20. The lowest BCUT2D eigenvalue weighted by molar-refractivity contribution is -0.118. The molecule has 12 nitrogen and oxygen atoms in total. The van der Waals surface area contributed by atoms with Gasteiger partial charge in [-0.05, 0) is 90.5 Å². The van der Waals surface area contributed by atoms with Gasteiger partial charge in [0.2, 0.25) is 5.56 Å². The molecule has 5 aromatic rings. The number of benzene rings is 4. The number of hydrogen-bond donors (Lipinski definition) is 6. The van der Waals surface area contributed by atoms with Crippen LogP contribution in [0.25, 0.3) is 10.9 Å². The number of fused-ring (bicyclic) bond motifs is 4. The van der Waals surface area contributed by atoms with E-state index in [0.717, 1.165) is 49.2 Å². The largest absolute Gasteiger partial charge is 0.506 e. The van der Waals surface area contributed by atoms with Gasteiger partial charge in [0, 0.05) is 36.8 Å². The molecule has 0 radical (unpaired) electrons. The summed E-state index contributed by atoms with van der Waals surface area (Å²) in [5, 5.41) is 38.2. The van der Waals surface area contributed by atoms with Gasteiger partial charge in [-0.2, -0.15) is 0 Å². The maximum absolute atomic E-state index is 12.9. The predicted molar refractivity (Wildman–Crippen MR) is 201 cm³/mol. The zero-order valence-corrected chi connectivity index (χ0v) is 29.2. The number of aromatic nitrogens is 1. The van der Waals surface area contributed by atoms with Crippen molar-refractivity contribution in [2.45, 2.75) is 37.6 Å². The molecule has 274 valence electrons. The molecule has 2 bridgehead atoms. The quantitative estimate of drug-likeness (QED) is 0.0955. The van der Waals surface area contributed by atoms with Crippen LogP contribution in [0.15, 0.2) is 108 Å². The number of aliphatic hydroxyl groups excluding tert-OH is 1. The lowest BCUT2D eigenvalue weighted by Gasteiger charge is -2.50. The highest BCUT2D eigenvalue weighted by molar-refractivity contribution is 5.92. The number of carbonyl (C=O) groups is 2. The van der Waals surface area contributed by atoms with E-state index in [1.807, 2.05) is 60.7 Å². The van der Waals surface area contributed by atoms with Crippen molar-refractivity contribution < 1.29 is 29.6 Å². The highest BCUT2D eigenvalue weighted by Crippen LogP contribution is 2.39. The first-order chi connectivity index (χ1) is 25.7. The minimum atomic E-state index is -0.954. The number of rotatable bonds is 13. The summed E-state index contributed by atoms with van der Waals surface area (Å²) < 4.78 is 5.93. The Morgan fingerprint density at radius 2 is 1.68 bits per heavy atom. The number of aliphatic hydroxyl groups is 1. The second-order valence-corrected chi connectivity index (χ2v) is 13.7. The van der Waals surface area contributed by atoms with Crippen LogP contribution in [0, 0.1) is 5.92 Å². The van der Waals surface area contributed by atoms with Gasteiger partial charge in [-0.1, -0.05) is 60.7 Å².